The van der Waals surface area contributed by atoms with Crippen molar-refractivity contribution in [3.63, 3.8) is 0 Å². The third-order valence-corrected chi connectivity index (χ3v) is 5.19. The van der Waals surface area contributed by atoms with E-state index in [9.17, 15) is 33.9 Å². The molecule has 11 N–H and O–H groups in total. The maximum atomic E-state index is 13.1. The Bertz CT molecular complexity index is 935. The van der Waals surface area contributed by atoms with Gasteiger partial charge in [0.2, 0.25) is 29.5 Å². The van der Waals surface area contributed by atoms with Crippen LogP contribution in [0.5, 0.6) is 0 Å². The highest BCUT2D eigenvalue weighted by atomic mass is 16.4. The summed E-state index contributed by atoms with van der Waals surface area (Å²) in [5.41, 5.74) is 16.4. The van der Waals surface area contributed by atoms with Crippen molar-refractivity contribution in [1.82, 2.24) is 25.9 Å². The van der Waals surface area contributed by atoms with Crippen LogP contribution in [0.3, 0.4) is 0 Å². The molecular formula is C21H34N8O7. The van der Waals surface area contributed by atoms with Gasteiger partial charge in [-0.25, -0.2) is 9.78 Å². The van der Waals surface area contributed by atoms with Crippen LogP contribution in [0.2, 0.25) is 0 Å². The lowest BCUT2D eigenvalue weighted by atomic mass is 10.0. The van der Waals surface area contributed by atoms with Crippen molar-refractivity contribution in [2.45, 2.75) is 70.1 Å². The number of carboxylic acid groups (broad SMARTS) is 1. The summed E-state index contributed by atoms with van der Waals surface area (Å²) >= 11 is 0. The number of hydrogen-bond donors (Lipinski definition) is 8. The molecule has 1 rings (SSSR count). The minimum Gasteiger partial charge on any atom is -0.480 e. The Morgan fingerprint density at radius 2 is 1.50 bits per heavy atom. The van der Waals surface area contributed by atoms with E-state index in [0.29, 0.717) is 5.69 Å². The predicted molar refractivity (Wildman–Crippen MR) is 125 cm³/mol. The van der Waals surface area contributed by atoms with Crippen LogP contribution < -0.4 is 33.2 Å². The van der Waals surface area contributed by atoms with E-state index >= 15 is 0 Å². The fraction of sp³-hybridized carbons (Fsp3) is 0.571. The van der Waals surface area contributed by atoms with Crippen LogP contribution in [-0.4, -0.2) is 74.7 Å². The summed E-state index contributed by atoms with van der Waals surface area (Å²) < 4.78 is 0. The number of aliphatic carboxylic acids is 1. The number of aromatic nitrogens is 2. The number of carboxylic acids is 1. The Morgan fingerprint density at radius 3 is 2.00 bits per heavy atom. The van der Waals surface area contributed by atoms with Gasteiger partial charge >= 0.3 is 5.97 Å². The second-order valence-corrected chi connectivity index (χ2v) is 8.59. The number of nitrogens with one attached hydrogen (secondary N) is 4. The van der Waals surface area contributed by atoms with Gasteiger partial charge in [-0.15, -0.1) is 0 Å². The van der Waals surface area contributed by atoms with E-state index in [4.69, 9.17) is 17.2 Å². The number of hydrogen-bond acceptors (Lipinski definition) is 8. The maximum absolute atomic E-state index is 13.1. The van der Waals surface area contributed by atoms with Crippen molar-refractivity contribution < 1.29 is 33.9 Å². The number of amides is 5. The molecule has 1 aromatic heterocycles. The number of nitrogens with zero attached hydrogens (tertiary/aromatic N) is 1. The van der Waals surface area contributed by atoms with Gasteiger partial charge in [0, 0.05) is 31.2 Å². The van der Waals surface area contributed by atoms with Gasteiger partial charge in [0.1, 0.15) is 18.1 Å². The van der Waals surface area contributed by atoms with Crippen molar-refractivity contribution >= 4 is 35.5 Å². The van der Waals surface area contributed by atoms with Gasteiger partial charge in [0.15, 0.2) is 0 Å². The molecule has 0 aromatic carbocycles. The lowest BCUT2D eigenvalue weighted by Crippen LogP contribution is -2.59. The van der Waals surface area contributed by atoms with Gasteiger partial charge in [-0.1, -0.05) is 13.8 Å². The Labute approximate surface area is 207 Å². The van der Waals surface area contributed by atoms with Gasteiger partial charge in [-0.2, -0.15) is 0 Å². The third-order valence-electron chi connectivity index (χ3n) is 5.19. The van der Waals surface area contributed by atoms with Crippen LogP contribution in [-0.2, 0) is 35.2 Å². The number of carbonyl (C=O) groups excluding carboxylic acids is 5. The van der Waals surface area contributed by atoms with Gasteiger partial charge < -0.3 is 43.2 Å². The van der Waals surface area contributed by atoms with Gasteiger partial charge in [-0.3, -0.25) is 24.0 Å². The first-order valence-electron chi connectivity index (χ1n) is 11.2. The first kappa shape index (κ1) is 30.0. The zero-order valence-electron chi connectivity index (χ0n) is 20.2. The zero-order chi connectivity index (χ0) is 27.4. The topological polar surface area (TPSA) is 265 Å². The van der Waals surface area contributed by atoms with Crippen molar-refractivity contribution in [3.8, 4) is 0 Å². The summed E-state index contributed by atoms with van der Waals surface area (Å²) in [6, 6.07) is -4.86. The average molecular weight is 511 g/mol. The van der Waals surface area contributed by atoms with Crippen LogP contribution >= 0.6 is 0 Å². The molecule has 0 radical (unpaired) electrons. The normalized spacial score (nSPS) is 14.2. The molecule has 1 heterocycles. The summed E-state index contributed by atoms with van der Waals surface area (Å²) in [7, 11) is 0. The average Bonchev–Trinajstić information content (AvgIpc) is 3.30. The Morgan fingerprint density at radius 1 is 0.917 bits per heavy atom. The smallest absolute Gasteiger partial charge is 0.326 e. The molecule has 0 saturated carbocycles. The minimum absolute atomic E-state index is 0.0249. The van der Waals surface area contributed by atoms with E-state index in [0.717, 1.165) is 0 Å². The molecule has 0 spiro atoms. The summed E-state index contributed by atoms with van der Waals surface area (Å²) in [5.74, 6) is -5.44. The number of nitrogens with two attached hydrogens (primary N) is 3. The number of aromatic amines is 1. The fourth-order valence-corrected chi connectivity index (χ4v) is 3.13. The number of primary amides is 2. The summed E-state index contributed by atoms with van der Waals surface area (Å²) in [6.45, 7) is 3.26. The summed E-state index contributed by atoms with van der Waals surface area (Å²) in [5, 5.41) is 16.7. The number of rotatable bonds is 16. The van der Waals surface area contributed by atoms with Crippen molar-refractivity contribution in [3.05, 3.63) is 18.2 Å². The highest BCUT2D eigenvalue weighted by molar-refractivity contribution is 5.94. The second-order valence-electron chi connectivity index (χ2n) is 8.59. The summed E-state index contributed by atoms with van der Waals surface area (Å²) in [4.78, 5) is 78.6. The van der Waals surface area contributed by atoms with Crippen LogP contribution in [0.4, 0.5) is 0 Å². The molecule has 0 aliphatic heterocycles. The van der Waals surface area contributed by atoms with E-state index < -0.39 is 65.6 Å². The Hall–Kier alpha value is -4.01. The van der Waals surface area contributed by atoms with E-state index in [1.54, 1.807) is 13.8 Å². The second kappa shape index (κ2) is 14.4. The molecule has 0 bridgehead atoms. The van der Waals surface area contributed by atoms with Crippen molar-refractivity contribution in [2.24, 2.45) is 23.1 Å². The molecule has 0 saturated heterocycles. The standard InChI is InChI=1S/C21H34N8O7/c1-10(2)17(20(34)27-13(21(35)36)4-6-16(24)31)29-19(33)14(7-11-8-25-9-26-11)28-18(32)12(22)3-5-15(23)30/h8-10,12-14,17H,3-7,22H2,1-2H3,(H2,23,30)(H2,24,31)(H,25,26)(H,27,34)(H,28,32)(H,29,33)(H,35,36). The highest BCUT2D eigenvalue weighted by Gasteiger charge is 2.32. The molecule has 0 fully saturated rings. The SMILES string of the molecule is CC(C)C(NC(=O)C(Cc1cnc[nH]1)NC(=O)C(N)CCC(N)=O)C(=O)NC(CCC(N)=O)C(=O)O. The first-order valence-corrected chi connectivity index (χ1v) is 11.2. The quantitative estimate of drug-likeness (QED) is 0.112. The van der Waals surface area contributed by atoms with Crippen LogP contribution in [0.1, 0.15) is 45.2 Å². The third kappa shape index (κ3) is 10.5. The number of carbonyl (C=O) groups is 6. The number of H-pyrrole nitrogens is 1. The molecule has 1 aromatic rings. The molecule has 5 amide bonds. The van der Waals surface area contributed by atoms with Gasteiger partial charge in [0.05, 0.1) is 12.4 Å². The van der Waals surface area contributed by atoms with E-state index in [-0.39, 0.29) is 32.1 Å². The largest absolute Gasteiger partial charge is 0.480 e. The fourth-order valence-electron chi connectivity index (χ4n) is 3.13. The van der Waals surface area contributed by atoms with Crippen molar-refractivity contribution in [1.29, 1.82) is 0 Å². The molecule has 0 aliphatic carbocycles. The van der Waals surface area contributed by atoms with Crippen LogP contribution in [0, 0.1) is 5.92 Å². The molecule has 200 valence electrons. The molecule has 0 aliphatic rings. The van der Waals surface area contributed by atoms with Gasteiger partial charge in [0.25, 0.3) is 0 Å². The molecular weight excluding hydrogens is 476 g/mol. The van der Waals surface area contributed by atoms with Gasteiger partial charge in [-0.05, 0) is 18.8 Å². The molecule has 4 atom stereocenters. The lowest BCUT2D eigenvalue weighted by molar-refractivity contribution is -0.143. The van der Waals surface area contributed by atoms with Crippen molar-refractivity contribution in [2.75, 3.05) is 0 Å². The van der Waals surface area contributed by atoms with E-state index in [1.807, 2.05) is 0 Å². The van der Waals surface area contributed by atoms with Crippen LogP contribution in [0.15, 0.2) is 12.5 Å². The lowest BCUT2D eigenvalue weighted by Gasteiger charge is -2.27. The highest BCUT2D eigenvalue weighted by Crippen LogP contribution is 2.07. The molecule has 15 nitrogen and oxygen atoms in total. The Kier molecular flexibility index (Phi) is 12.0. The monoisotopic (exact) mass is 510 g/mol. The zero-order valence-corrected chi connectivity index (χ0v) is 20.2. The molecule has 15 heteroatoms. The van der Waals surface area contributed by atoms with E-state index in [2.05, 4.69) is 25.9 Å². The maximum Gasteiger partial charge on any atom is 0.326 e. The summed E-state index contributed by atoms with van der Waals surface area (Å²) in [6.07, 6.45) is 2.17. The Balaban J connectivity index is 2.99. The number of imidazole rings is 1. The predicted octanol–water partition coefficient (Wildman–Crippen LogP) is -2.99. The first-order chi connectivity index (χ1) is 16.8. The van der Waals surface area contributed by atoms with E-state index in [1.165, 1.54) is 12.5 Å². The minimum atomic E-state index is -1.40. The molecule has 36 heavy (non-hydrogen) atoms. The van der Waals surface area contributed by atoms with Crippen LogP contribution in [0.25, 0.3) is 0 Å². The molecule has 4 unspecified atom stereocenters.